The van der Waals surface area contributed by atoms with Gasteiger partial charge in [0.25, 0.3) is 5.91 Å². The van der Waals surface area contributed by atoms with E-state index in [2.05, 4.69) is 25.7 Å². The Morgan fingerprint density at radius 2 is 2.08 bits per heavy atom. The summed E-state index contributed by atoms with van der Waals surface area (Å²) in [6.45, 7) is 3.49. The van der Waals surface area contributed by atoms with Crippen LogP contribution in [0, 0.1) is 11.3 Å². The summed E-state index contributed by atoms with van der Waals surface area (Å²) in [5.74, 6) is 0.0872. The summed E-state index contributed by atoms with van der Waals surface area (Å²) in [5.41, 5.74) is 6.58. The second-order valence-corrected chi connectivity index (χ2v) is 8.68. The van der Waals surface area contributed by atoms with Crippen LogP contribution in [0.15, 0.2) is 43.0 Å². The Labute approximate surface area is 227 Å². The van der Waals surface area contributed by atoms with Gasteiger partial charge in [-0.3, -0.25) is 13.9 Å². The van der Waals surface area contributed by atoms with Crippen LogP contribution in [0.25, 0.3) is 16.9 Å². The number of nitrogens with one attached hydrogen (secondary N) is 2. The summed E-state index contributed by atoms with van der Waals surface area (Å²) in [5, 5.41) is 18.5. The number of hydrogen-bond acceptors (Lipinski definition) is 8. The Bertz CT molecular complexity index is 1520. The van der Waals surface area contributed by atoms with Gasteiger partial charge in [0, 0.05) is 42.9 Å². The lowest BCUT2D eigenvalue weighted by molar-refractivity contribution is -0.141. The molecular formula is C26H28F3N9O2. The first-order chi connectivity index (χ1) is 19.3. The van der Waals surface area contributed by atoms with Crippen molar-refractivity contribution in [2.75, 3.05) is 31.6 Å². The first kappa shape index (κ1) is 28.5. The number of anilines is 2. The molecule has 1 aromatic carbocycles. The number of nitrogens with two attached hydrogens (primary N) is 1. The SMILES string of the molecule is CCc1cc(Nc2nccn3c(-c4cn(CCC#N)nc4C(F)(F)F)cnc23)ccc1C(=O)NCCOCCN. The number of aromatic nitrogens is 5. The molecule has 4 rings (SSSR count). The van der Waals surface area contributed by atoms with Crippen LogP contribution in [0.4, 0.5) is 24.7 Å². The quantitative estimate of drug-likeness (QED) is 0.225. The number of halogens is 3. The van der Waals surface area contributed by atoms with Gasteiger partial charge in [0.05, 0.1) is 49.7 Å². The highest BCUT2D eigenvalue weighted by Crippen LogP contribution is 2.37. The van der Waals surface area contributed by atoms with E-state index in [4.69, 9.17) is 15.7 Å². The first-order valence-corrected chi connectivity index (χ1v) is 12.6. The molecule has 0 radical (unpaired) electrons. The molecule has 4 N–H and O–H groups in total. The molecule has 14 heteroatoms. The number of imidazole rings is 1. The number of rotatable bonds is 12. The Hall–Kier alpha value is -4.48. The van der Waals surface area contributed by atoms with Crippen LogP contribution in [-0.2, 0) is 23.9 Å². The third-order valence-corrected chi connectivity index (χ3v) is 5.97. The van der Waals surface area contributed by atoms with Crippen molar-refractivity contribution in [1.29, 1.82) is 5.26 Å². The number of amides is 1. The summed E-state index contributed by atoms with van der Waals surface area (Å²) in [6, 6.07) is 7.13. The lowest BCUT2D eigenvalue weighted by atomic mass is 10.0. The molecule has 0 atom stereocenters. The van der Waals surface area contributed by atoms with E-state index < -0.39 is 11.9 Å². The fraction of sp³-hybridized carbons (Fsp3) is 0.346. The van der Waals surface area contributed by atoms with Crippen LogP contribution < -0.4 is 16.4 Å². The van der Waals surface area contributed by atoms with E-state index >= 15 is 0 Å². The van der Waals surface area contributed by atoms with Gasteiger partial charge >= 0.3 is 6.18 Å². The maximum atomic E-state index is 13.8. The number of aryl methyl sites for hydroxylation is 2. The Balaban J connectivity index is 1.60. The van der Waals surface area contributed by atoms with E-state index in [1.54, 1.807) is 12.1 Å². The smallest absolute Gasteiger partial charge is 0.378 e. The lowest BCUT2D eigenvalue weighted by Crippen LogP contribution is -2.28. The summed E-state index contributed by atoms with van der Waals surface area (Å²) in [4.78, 5) is 21.3. The molecule has 0 aliphatic rings. The predicted molar refractivity (Wildman–Crippen MR) is 141 cm³/mol. The van der Waals surface area contributed by atoms with Crippen LogP contribution >= 0.6 is 0 Å². The maximum absolute atomic E-state index is 13.8. The highest BCUT2D eigenvalue weighted by atomic mass is 19.4. The average molecular weight is 556 g/mol. The van der Waals surface area contributed by atoms with Gasteiger partial charge in [-0.2, -0.15) is 23.5 Å². The van der Waals surface area contributed by atoms with Crippen LogP contribution in [0.2, 0.25) is 0 Å². The highest BCUT2D eigenvalue weighted by molar-refractivity contribution is 5.96. The zero-order chi connectivity index (χ0) is 28.7. The van der Waals surface area contributed by atoms with Crippen molar-refractivity contribution >= 4 is 23.1 Å². The van der Waals surface area contributed by atoms with Crippen molar-refractivity contribution < 1.29 is 22.7 Å². The molecule has 0 aliphatic heterocycles. The monoisotopic (exact) mass is 555 g/mol. The number of carbonyl (C=O) groups is 1. The molecule has 0 bridgehead atoms. The lowest BCUT2D eigenvalue weighted by Gasteiger charge is -2.13. The highest BCUT2D eigenvalue weighted by Gasteiger charge is 2.38. The minimum Gasteiger partial charge on any atom is -0.378 e. The van der Waals surface area contributed by atoms with Gasteiger partial charge in [-0.05, 0) is 30.2 Å². The van der Waals surface area contributed by atoms with Crippen LogP contribution in [0.5, 0.6) is 0 Å². The number of ether oxygens (including phenoxy) is 1. The third kappa shape index (κ3) is 6.38. The minimum absolute atomic E-state index is 0.0208. The topological polar surface area (TPSA) is 148 Å². The van der Waals surface area contributed by atoms with Crippen LogP contribution in [0.1, 0.15) is 35.0 Å². The molecule has 0 spiro atoms. The molecule has 210 valence electrons. The average Bonchev–Trinajstić information content (AvgIpc) is 3.56. The van der Waals surface area contributed by atoms with E-state index in [1.165, 1.54) is 29.2 Å². The van der Waals surface area contributed by atoms with Crippen molar-refractivity contribution in [3.8, 4) is 17.3 Å². The first-order valence-electron chi connectivity index (χ1n) is 12.6. The third-order valence-electron chi connectivity index (χ3n) is 5.97. The Morgan fingerprint density at radius 1 is 1.25 bits per heavy atom. The molecule has 1 amide bonds. The minimum atomic E-state index is -4.70. The van der Waals surface area contributed by atoms with E-state index in [1.807, 2.05) is 19.1 Å². The van der Waals surface area contributed by atoms with Crippen molar-refractivity contribution in [2.45, 2.75) is 32.5 Å². The van der Waals surface area contributed by atoms with Crippen LogP contribution in [-0.4, -0.2) is 56.4 Å². The number of fused-ring (bicyclic) bond motifs is 1. The second-order valence-electron chi connectivity index (χ2n) is 8.68. The maximum Gasteiger partial charge on any atom is 0.435 e. The molecule has 0 fully saturated rings. The van der Waals surface area contributed by atoms with Crippen molar-refractivity contribution in [3.05, 3.63) is 59.8 Å². The van der Waals surface area contributed by atoms with Gasteiger partial charge in [-0.25, -0.2) is 9.97 Å². The molecular weight excluding hydrogens is 527 g/mol. The Morgan fingerprint density at radius 3 is 2.80 bits per heavy atom. The largest absolute Gasteiger partial charge is 0.435 e. The van der Waals surface area contributed by atoms with Gasteiger partial charge in [-0.15, -0.1) is 0 Å². The summed E-state index contributed by atoms with van der Waals surface area (Å²) < 4.78 is 49.2. The van der Waals surface area contributed by atoms with E-state index in [-0.39, 0.29) is 30.1 Å². The number of nitriles is 1. The molecule has 11 nitrogen and oxygen atoms in total. The Kier molecular flexibility index (Phi) is 8.97. The fourth-order valence-corrected chi connectivity index (χ4v) is 4.14. The van der Waals surface area contributed by atoms with E-state index in [0.29, 0.717) is 55.4 Å². The van der Waals surface area contributed by atoms with Crippen molar-refractivity contribution in [3.63, 3.8) is 0 Å². The molecule has 0 saturated heterocycles. The summed E-state index contributed by atoms with van der Waals surface area (Å²) >= 11 is 0. The van der Waals surface area contributed by atoms with Crippen molar-refractivity contribution in [1.82, 2.24) is 29.5 Å². The zero-order valence-electron chi connectivity index (χ0n) is 21.7. The van der Waals surface area contributed by atoms with E-state index in [0.717, 1.165) is 10.2 Å². The van der Waals surface area contributed by atoms with Gasteiger partial charge in [0.15, 0.2) is 17.2 Å². The summed E-state index contributed by atoms with van der Waals surface area (Å²) in [6.07, 6.45) is 1.45. The number of alkyl halides is 3. The van der Waals surface area contributed by atoms with Crippen LogP contribution in [0.3, 0.4) is 0 Å². The molecule has 0 saturated carbocycles. The van der Waals surface area contributed by atoms with Gasteiger partial charge in [-0.1, -0.05) is 6.92 Å². The fourth-order valence-electron chi connectivity index (χ4n) is 4.14. The standard InChI is InChI=1S/C26H28F3N9O2/c1-2-17-14-18(4-5-19(17)25(39)33-9-13-40-12-7-31)35-23-24-34-15-21(38(24)11-8-32-23)20-16-37(10-3-6-30)36-22(20)26(27,28)29/h4-5,8,11,14-16H,2-3,7,9-10,12-13,31H2,1H3,(H,32,35)(H,33,39). The molecule has 3 aromatic heterocycles. The van der Waals surface area contributed by atoms with Gasteiger partial charge in [0.1, 0.15) is 0 Å². The summed E-state index contributed by atoms with van der Waals surface area (Å²) in [7, 11) is 0. The molecule has 4 aromatic rings. The number of benzene rings is 1. The van der Waals surface area contributed by atoms with Gasteiger partial charge in [0.2, 0.25) is 0 Å². The predicted octanol–water partition coefficient (Wildman–Crippen LogP) is 3.54. The molecule has 0 aliphatic carbocycles. The number of carbonyl (C=O) groups excluding carboxylic acids is 1. The normalized spacial score (nSPS) is 11.5. The molecule has 3 heterocycles. The zero-order valence-corrected chi connectivity index (χ0v) is 21.7. The van der Waals surface area contributed by atoms with Gasteiger partial charge < -0.3 is 21.1 Å². The second kappa shape index (κ2) is 12.6. The number of nitrogens with zero attached hydrogens (tertiary/aromatic N) is 6. The number of hydrogen-bond donors (Lipinski definition) is 3. The molecule has 40 heavy (non-hydrogen) atoms. The molecule has 0 unspecified atom stereocenters. The van der Waals surface area contributed by atoms with E-state index in [9.17, 15) is 18.0 Å². The van der Waals surface area contributed by atoms with Crippen molar-refractivity contribution in [2.24, 2.45) is 5.73 Å².